The van der Waals surface area contributed by atoms with Gasteiger partial charge >= 0.3 is 0 Å². The van der Waals surface area contributed by atoms with Gasteiger partial charge in [-0.2, -0.15) is 0 Å². The fourth-order valence-corrected chi connectivity index (χ4v) is 10.2. The molecule has 4 heterocycles. The van der Waals surface area contributed by atoms with Crippen LogP contribution >= 0.6 is 0 Å². The third-order valence-corrected chi connectivity index (χ3v) is 13.1. The van der Waals surface area contributed by atoms with E-state index in [1.165, 1.54) is 141 Å². The van der Waals surface area contributed by atoms with Gasteiger partial charge in [0.1, 0.15) is 0 Å². The van der Waals surface area contributed by atoms with Crippen molar-refractivity contribution in [3.63, 3.8) is 0 Å². The molecule has 0 spiro atoms. The minimum atomic E-state index is 0.688. The van der Waals surface area contributed by atoms with E-state index < -0.39 is 0 Å². The molecule has 4 aliphatic rings. The lowest BCUT2D eigenvalue weighted by atomic mass is 9.82. The Kier molecular flexibility index (Phi) is 22.3. The molecule has 0 aromatic carbocycles. The van der Waals surface area contributed by atoms with Gasteiger partial charge in [0, 0.05) is 59.5 Å². The van der Waals surface area contributed by atoms with Crippen LogP contribution in [0.1, 0.15) is 155 Å². The maximum absolute atomic E-state index is 6.14. The maximum Gasteiger partial charge on any atom is 0.0644 e. The van der Waals surface area contributed by atoms with E-state index in [1.54, 1.807) is 0 Å². The number of unbranched alkanes of at least 4 members (excludes halogenated alkanes) is 4. The second-order valence-corrected chi connectivity index (χ2v) is 17.5. The van der Waals surface area contributed by atoms with Crippen molar-refractivity contribution >= 4 is 0 Å². The van der Waals surface area contributed by atoms with Gasteiger partial charge in [0.05, 0.1) is 6.61 Å². The molecule has 9 atom stereocenters. The zero-order valence-electron chi connectivity index (χ0n) is 33.1. The van der Waals surface area contributed by atoms with E-state index in [1.807, 2.05) is 6.08 Å². The zero-order valence-corrected chi connectivity index (χ0v) is 33.1. The summed E-state index contributed by atoms with van der Waals surface area (Å²) in [6.07, 6.45) is 31.6. The van der Waals surface area contributed by atoms with Crippen molar-refractivity contribution in [3.8, 4) is 0 Å². The Morgan fingerprint density at radius 1 is 0.500 bits per heavy atom. The number of hydrogen-bond donors (Lipinski definition) is 0. The molecule has 0 amide bonds. The lowest BCUT2D eigenvalue weighted by molar-refractivity contribution is -0.000867. The first-order valence-electron chi connectivity index (χ1n) is 22.2. The highest BCUT2D eigenvalue weighted by Crippen LogP contribution is 2.35. The molecular weight excluding hydrogens is 620 g/mol. The first kappa shape index (κ1) is 42.3. The first-order valence-corrected chi connectivity index (χ1v) is 22.2. The van der Waals surface area contributed by atoms with Crippen LogP contribution in [0.3, 0.4) is 0 Å². The van der Waals surface area contributed by atoms with Crippen LogP contribution in [-0.2, 0) is 23.7 Å². The molecule has 1 unspecified atom stereocenters. The molecule has 4 fully saturated rings. The summed E-state index contributed by atoms with van der Waals surface area (Å²) >= 11 is 0. The fourth-order valence-electron chi connectivity index (χ4n) is 10.2. The Labute approximate surface area is 310 Å². The summed E-state index contributed by atoms with van der Waals surface area (Å²) in [7, 11) is 0. The second-order valence-electron chi connectivity index (χ2n) is 17.5. The lowest BCUT2D eigenvalue weighted by Crippen LogP contribution is -2.27. The number of hydrogen-bond acceptors (Lipinski definition) is 5. The summed E-state index contributed by atoms with van der Waals surface area (Å²) in [4.78, 5) is 0. The first-order chi connectivity index (χ1) is 24.7. The van der Waals surface area contributed by atoms with Crippen molar-refractivity contribution in [3.05, 3.63) is 12.7 Å². The Balaban J connectivity index is 0.996. The summed E-state index contributed by atoms with van der Waals surface area (Å²) in [5.41, 5.74) is 0. The SMILES string of the molecule is C=CCOCC(CCC)CCCCC[C@@H]1COC[C@H]1CCCCC[C@H]1COC[C@H]1CCC[C@@H]1COC[C@@H](CCC[C@H]2COC[C@@H](CCC)C2)C1. The highest BCUT2D eigenvalue weighted by Gasteiger charge is 2.30. The minimum absolute atomic E-state index is 0.688. The molecule has 5 nitrogen and oxygen atoms in total. The zero-order chi connectivity index (χ0) is 35.1. The monoisotopic (exact) mass is 703 g/mol. The van der Waals surface area contributed by atoms with Crippen LogP contribution in [0.25, 0.3) is 0 Å². The van der Waals surface area contributed by atoms with Gasteiger partial charge in [-0.25, -0.2) is 0 Å². The summed E-state index contributed by atoms with van der Waals surface area (Å²) in [5, 5.41) is 0. The molecule has 5 heteroatoms. The van der Waals surface area contributed by atoms with E-state index in [2.05, 4.69) is 20.4 Å². The van der Waals surface area contributed by atoms with Gasteiger partial charge in [0.2, 0.25) is 0 Å². The second kappa shape index (κ2) is 26.3. The summed E-state index contributed by atoms with van der Waals surface area (Å²) in [5.74, 6) is 7.05. The van der Waals surface area contributed by atoms with Gasteiger partial charge in [0.15, 0.2) is 0 Å². The van der Waals surface area contributed by atoms with Crippen LogP contribution in [0.5, 0.6) is 0 Å². The number of ether oxygens (including phenoxy) is 5. The van der Waals surface area contributed by atoms with Crippen LogP contribution in [0, 0.1) is 53.3 Å². The van der Waals surface area contributed by atoms with Gasteiger partial charge in [0.25, 0.3) is 0 Å². The van der Waals surface area contributed by atoms with Crippen LogP contribution in [-0.4, -0.2) is 66.1 Å². The van der Waals surface area contributed by atoms with E-state index in [0.717, 1.165) is 113 Å². The van der Waals surface area contributed by atoms with E-state index in [4.69, 9.17) is 23.7 Å². The van der Waals surface area contributed by atoms with Crippen LogP contribution in [0.15, 0.2) is 12.7 Å². The molecule has 0 N–H and O–H groups in total. The molecule has 4 aliphatic heterocycles. The predicted octanol–water partition coefficient (Wildman–Crippen LogP) is 11.5. The van der Waals surface area contributed by atoms with Crippen LogP contribution in [0.4, 0.5) is 0 Å². The Bertz CT molecular complexity index is 832. The van der Waals surface area contributed by atoms with Crippen molar-refractivity contribution in [1.29, 1.82) is 0 Å². The summed E-state index contributed by atoms with van der Waals surface area (Å²) in [6, 6.07) is 0. The standard InChI is InChI=1S/C45H82O5/c1-4-15-37(28-46-25-6-3)17-9-7-10-21-42-33-49-34-43(42)22-11-8-12-23-44-35-50-36-45(44)24-14-20-41-27-40(31-48-32-41)19-13-18-39-26-38(16-5-2)29-47-30-39/h6,37-45H,3-5,7-36H2,1-2H3/t37?,38-,39+,40-,41-,42+,43+,44-,45+/m0/s1. The van der Waals surface area contributed by atoms with Crippen molar-refractivity contribution in [2.75, 3.05) is 66.1 Å². The highest BCUT2D eigenvalue weighted by atomic mass is 16.5. The van der Waals surface area contributed by atoms with Crippen molar-refractivity contribution < 1.29 is 23.7 Å². The van der Waals surface area contributed by atoms with E-state index in [9.17, 15) is 0 Å². The Hall–Kier alpha value is -0.460. The molecular formula is C45H82O5. The van der Waals surface area contributed by atoms with Gasteiger partial charge in [-0.1, -0.05) is 84.1 Å². The summed E-state index contributed by atoms with van der Waals surface area (Å²) in [6.45, 7) is 18.0. The Morgan fingerprint density at radius 2 is 0.940 bits per heavy atom. The molecule has 0 aromatic rings. The molecule has 0 aromatic heterocycles. The topological polar surface area (TPSA) is 46.2 Å². The third-order valence-electron chi connectivity index (χ3n) is 13.1. The van der Waals surface area contributed by atoms with E-state index >= 15 is 0 Å². The average molecular weight is 703 g/mol. The lowest BCUT2D eigenvalue weighted by Gasteiger charge is -2.31. The smallest absolute Gasteiger partial charge is 0.0644 e. The van der Waals surface area contributed by atoms with Gasteiger partial charge in [-0.05, 0) is 130 Å². The van der Waals surface area contributed by atoms with Crippen LogP contribution in [0.2, 0.25) is 0 Å². The normalized spacial score (nSPS) is 30.9. The fraction of sp³-hybridized carbons (Fsp3) is 0.956. The Morgan fingerprint density at radius 3 is 1.42 bits per heavy atom. The van der Waals surface area contributed by atoms with E-state index in [0.29, 0.717) is 6.61 Å². The molecule has 0 aliphatic carbocycles. The number of rotatable bonds is 28. The van der Waals surface area contributed by atoms with Gasteiger partial charge in [-0.3, -0.25) is 0 Å². The quantitative estimate of drug-likeness (QED) is 0.0600. The molecule has 0 saturated carbocycles. The van der Waals surface area contributed by atoms with Crippen molar-refractivity contribution in [2.24, 2.45) is 53.3 Å². The summed E-state index contributed by atoms with van der Waals surface area (Å²) < 4.78 is 29.9. The molecule has 0 radical (unpaired) electrons. The average Bonchev–Trinajstić information content (AvgIpc) is 3.77. The van der Waals surface area contributed by atoms with E-state index in [-0.39, 0.29) is 0 Å². The van der Waals surface area contributed by atoms with Crippen LogP contribution < -0.4 is 0 Å². The molecule has 50 heavy (non-hydrogen) atoms. The minimum Gasteiger partial charge on any atom is -0.381 e. The van der Waals surface area contributed by atoms with Crippen molar-refractivity contribution in [2.45, 2.75) is 155 Å². The molecule has 0 bridgehead atoms. The predicted molar refractivity (Wildman–Crippen MR) is 209 cm³/mol. The van der Waals surface area contributed by atoms with Crippen molar-refractivity contribution in [1.82, 2.24) is 0 Å². The largest absolute Gasteiger partial charge is 0.381 e. The maximum atomic E-state index is 6.14. The highest BCUT2D eigenvalue weighted by molar-refractivity contribution is 4.79. The molecule has 4 saturated heterocycles. The van der Waals surface area contributed by atoms with Gasteiger partial charge < -0.3 is 23.7 Å². The third kappa shape index (κ3) is 16.7. The molecule has 292 valence electrons. The van der Waals surface area contributed by atoms with Gasteiger partial charge in [-0.15, -0.1) is 6.58 Å². The molecule has 4 rings (SSSR count).